The Hall–Kier alpha value is -2.80. The van der Waals surface area contributed by atoms with Crippen molar-refractivity contribution in [1.29, 1.82) is 0 Å². The number of carbonyl (C=O) groups excluding carboxylic acids is 1. The predicted octanol–water partition coefficient (Wildman–Crippen LogP) is 3.82. The van der Waals surface area contributed by atoms with Gasteiger partial charge in [0.25, 0.3) is 5.91 Å². The average molecular weight is 400 g/mol. The molecule has 0 aliphatic carbocycles. The van der Waals surface area contributed by atoms with Crippen LogP contribution in [0.25, 0.3) is 0 Å². The highest BCUT2D eigenvalue weighted by atomic mass is 32.1. The molecule has 1 amide bonds. The number of benzene rings is 2. The number of piperidine rings is 1. The van der Waals surface area contributed by atoms with E-state index in [1.165, 1.54) is 19.3 Å². The van der Waals surface area contributed by atoms with Crippen LogP contribution in [-0.4, -0.2) is 38.3 Å². The number of para-hydroxylation sites is 2. The van der Waals surface area contributed by atoms with Crippen LogP contribution in [0.2, 0.25) is 0 Å². The summed E-state index contributed by atoms with van der Waals surface area (Å²) in [6.45, 7) is 2.06. The Morgan fingerprint density at radius 2 is 1.64 bits per heavy atom. The molecule has 1 aliphatic rings. The smallest absolute Gasteiger partial charge is 0.257 e. The largest absolute Gasteiger partial charge is 0.497 e. The Kier molecular flexibility index (Phi) is 6.71. The first-order valence-corrected chi connectivity index (χ1v) is 9.71. The first kappa shape index (κ1) is 19.9. The van der Waals surface area contributed by atoms with Gasteiger partial charge < -0.3 is 19.7 Å². The minimum absolute atomic E-state index is 0.247. The van der Waals surface area contributed by atoms with E-state index in [1.54, 1.807) is 32.4 Å². The fraction of sp³-hybridized carbons (Fsp3) is 0.333. The lowest BCUT2D eigenvalue weighted by Gasteiger charge is -2.30. The van der Waals surface area contributed by atoms with Gasteiger partial charge in [-0.1, -0.05) is 12.1 Å². The SMILES string of the molecule is COc1cc(OC)cc(C(=O)NC(=S)Nc2ccccc2N2CCCCC2)c1. The zero-order valence-electron chi connectivity index (χ0n) is 16.2. The third kappa shape index (κ3) is 4.92. The molecule has 1 heterocycles. The van der Waals surface area contributed by atoms with Crippen LogP contribution in [0, 0.1) is 0 Å². The molecular formula is C21H25N3O3S. The van der Waals surface area contributed by atoms with E-state index in [2.05, 4.69) is 21.6 Å². The van der Waals surface area contributed by atoms with Gasteiger partial charge in [-0.2, -0.15) is 0 Å². The van der Waals surface area contributed by atoms with Crippen molar-refractivity contribution in [3.63, 3.8) is 0 Å². The fourth-order valence-electron chi connectivity index (χ4n) is 3.26. The Bertz CT molecular complexity index is 828. The molecule has 2 aromatic carbocycles. The molecule has 1 fully saturated rings. The standard InChI is InChI=1S/C21H25N3O3S/c1-26-16-12-15(13-17(14-16)27-2)20(25)23-21(28)22-18-8-4-5-9-19(18)24-10-6-3-7-11-24/h4-5,8-9,12-14H,3,6-7,10-11H2,1-2H3,(H2,22,23,25,28). The highest BCUT2D eigenvalue weighted by molar-refractivity contribution is 7.80. The van der Waals surface area contributed by atoms with Gasteiger partial charge in [0.05, 0.1) is 25.6 Å². The molecule has 0 bridgehead atoms. The lowest BCUT2D eigenvalue weighted by atomic mass is 10.1. The summed E-state index contributed by atoms with van der Waals surface area (Å²) in [6.07, 6.45) is 3.64. The van der Waals surface area contributed by atoms with E-state index in [0.29, 0.717) is 17.1 Å². The van der Waals surface area contributed by atoms with Crippen molar-refractivity contribution in [2.45, 2.75) is 19.3 Å². The third-order valence-corrected chi connectivity index (χ3v) is 4.89. The van der Waals surface area contributed by atoms with Crippen LogP contribution in [0.4, 0.5) is 11.4 Å². The summed E-state index contributed by atoms with van der Waals surface area (Å²) in [4.78, 5) is 15.0. The van der Waals surface area contributed by atoms with Gasteiger partial charge in [0.1, 0.15) is 11.5 Å². The van der Waals surface area contributed by atoms with E-state index in [9.17, 15) is 4.79 Å². The molecule has 1 saturated heterocycles. The normalized spacial score (nSPS) is 13.6. The highest BCUT2D eigenvalue weighted by Gasteiger charge is 2.16. The summed E-state index contributed by atoms with van der Waals surface area (Å²) in [6, 6.07) is 13.0. The monoisotopic (exact) mass is 399 g/mol. The Morgan fingerprint density at radius 3 is 2.29 bits per heavy atom. The lowest BCUT2D eigenvalue weighted by Crippen LogP contribution is -2.35. The molecule has 148 valence electrons. The number of ether oxygens (including phenoxy) is 2. The van der Waals surface area contributed by atoms with Crippen molar-refractivity contribution >= 4 is 34.6 Å². The van der Waals surface area contributed by atoms with Crippen LogP contribution in [0.3, 0.4) is 0 Å². The summed E-state index contributed by atoms with van der Waals surface area (Å²) in [5.41, 5.74) is 2.39. The fourth-order valence-corrected chi connectivity index (χ4v) is 3.46. The van der Waals surface area contributed by atoms with Crippen molar-refractivity contribution in [1.82, 2.24) is 5.32 Å². The Morgan fingerprint density at radius 1 is 1.00 bits per heavy atom. The van der Waals surface area contributed by atoms with Crippen molar-refractivity contribution in [2.24, 2.45) is 0 Å². The van der Waals surface area contributed by atoms with Gasteiger partial charge in [0.2, 0.25) is 0 Å². The quantitative estimate of drug-likeness (QED) is 0.746. The predicted molar refractivity (Wildman–Crippen MR) is 116 cm³/mol. The molecule has 1 aliphatic heterocycles. The number of rotatable bonds is 5. The van der Waals surface area contributed by atoms with Crippen LogP contribution in [0.5, 0.6) is 11.5 Å². The minimum atomic E-state index is -0.329. The number of methoxy groups -OCH3 is 2. The molecular weight excluding hydrogens is 374 g/mol. The van der Waals surface area contributed by atoms with E-state index < -0.39 is 0 Å². The molecule has 0 radical (unpaired) electrons. The average Bonchev–Trinajstić information content (AvgIpc) is 2.74. The first-order valence-electron chi connectivity index (χ1n) is 9.30. The van der Waals surface area contributed by atoms with Crippen molar-refractivity contribution in [3.8, 4) is 11.5 Å². The molecule has 7 heteroatoms. The van der Waals surface area contributed by atoms with Gasteiger partial charge in [-0.3, -0.25) is 10.1 Å². The molecule has 0 unspecified atom stereocenters. The Labute approximate surface area is 170 Å². The number of amides is 1. The maximum Gasteiger partial charge on any atom is 0.257 e. The van der Waals surface area contributed by atoms with Crippen LogP contribution < -0.4 is 25.0 Å². The van der Waals surface area contributed by atoms with Crippen molar-refractivity contribution < 1.29 is 14.3 Å². The van der Waals surface area contributed by atoms with Crippen LogP contribution >= 0.6 is 12.2 Å². The second kappa shape index (κ2) is 9.41. The van der Waals surface area contributed by atoms with Crippen molar-refractivity contribution in [2.75, 3.05) is 37.5 Å². The zero-order chi connectivity index (χ0) is 19.9. The maximum absolute atomic E-state index is 12.6. The summed E-state index contributed by atoms with van der Waals surface area (Å²) >= 11 is 5.37. The van der Waals surface area contributed by atoms with E-state index >= 15 is 0 Å². The molecule has 0 atom stereocenters. The number of nitrogens with zero attached hydrogens (tertiary/aromatic N) is 1. The highest BCUT2D eigenvalue weighted by Crippen LogP contribution is 2.28. The number of hydrogen-bond acceptors (Lipinski definition) is 5. The summed E-state index contributed by atoms with van der Waals surface area (Å²) < 4.78 is 10.4. The number of thiocarbonyl (C=S) groups is 1. The van der Waals surface area contributed by atoms with Gasteiger partial charge in [0.15, 0.2) is 5.11 Å². The van der Waals surface area contributed by atoms with Gasteiger partial charge in [0, 0.05) is 24.7 Å². The van der Waals surface area contributed by atoms with Gasteiger partial charge in [-0.15, -0.1) is 0 Å². The summed E-state index contributed by atoms with van der Waals surface area (Å²) in [5.74, 6) is 0.753. The number of hydrogen-bond donors (Lipinski definition) is 2. The van der Waals surface area contributed by atoms with Gasteiger partial charge >= 0.3 is 0 Å². The zero-order valence-corrected chi connectivity index (χ0v) is 17.0. The molecule has 2 N–H and O–H groups in total. The minimum Gasteiger partial charge on any atom is -0.497 e. The molecule has 28 heavy (non-hydrogen) atoms. The molecule has 0 aromatic heterocycles. The van der Waals surface area contributed by atoms with Crippen LogP contribution in [-0.2, 0) is 0 Å². The van der Waals surface area contributed by atoms with Crippen LogP contribution in [0.15, 0.2) is 42.5 Å². The van der Waals surface area contributed by atoms with Crippen molar-refractivity contribution in [3.05, 3.63) is 48.0 Å². The first-order chi connectivity index (χ1) is 13.6. The van der Waals surface area contributed by atoms with E-state index in [1.807, 2.05) is 18.2 Å². The second-order valence-electron chi connectivity index (χ2n) is 6.57. The third-order valence-electron chi connectivity index (χ3n) is 4.69. The molecule has 0 spiro atoms. The van der Waals surface area contributed by atoms with Gasteiger partial charge in [-0.25, -0.2) is 0 Å². The number of anilines is 2. The van der Waals surface area contributed by atoms with E-state index in [-0.39, 0.29) is 11.0 Å². The Balaban J connectivity index is 1.70. The molecule has 0 saturated carbocycles. The topological polar surface area (TPSA) is 62.8 Å². The van der Waals surface area contributed by atoms with Gasteiger partial charge in [-0.05, 0) is 55.7 Å². The van der Waals surface area contributed by atoms with Crippen LogP contribution in [0.1, 0.15) is 29.6 Å². The second-order valence-corrected chi connectivity index (χ2v) is 6.98. The number of nitrogens with one attached hydrogen (secondary N) is 2. The maximum atomic E-state index is 12.6. The molecule has 3 rings (SSSR count). The summed E-state index contributed by atoms with van der Waals surface area (Å²) in [5, 5.41) is 6.14. The molecule has 2 aromatic rings. The lowest BCUT2D eigenvalue weighted by molar-refractivity contribution is 0.0977. The van der Waals surface area contributed by atoms with E-state index in [0.717, 1.165) is 24.5 Å². The van der Waals surface area contributed by atoms with E-state index in [4.69, 9.17) is 21.7 Å². The molecule has 6 nitrogen and oxygen atoms in total. The number of carbonyl (C=O) groups is 1. The summed E-state index contributed by atoms with van der Waals surface area (Å²) in [7, 11) is 3.08.